The second-order valence-corrected chi connectivity index (χ2v) is 8.29. The number of amides is 2. The first-order valence-electron chi connectivity index (χ1n) is 11.0. The van der Waals surface area contributed by atoms with Crippen molar-refractivity contribution in [3.8, 4) is 5.75 Å². The standard InChI is InChI=1S/C22H26N4O4.CH2O2/c1-29-15-9-5-13(6-10-15)20-21(30-12-19(27)26(20)14-7-8-14)22(28)23-11-18-16-3-2-4-17(16)24-25-18;2-1-3/h5-6,9-10,14,20-21H,2-4,7-8,11-12H2,1H3,(H,23,28)(H,24,25);1H,(H,2,3)/t20-,21+;/m1./s1. The van der Waals surface area contributed by atoms with Crippen molar-refractivity contribution in [2.45, 2.75) is 56.8 Å². The number of carboxylic acid groups (broad SMARTS) is 1. The van der Waals surface area contributed by atoms with Crippen molar-refractivity contribution in [3.05, 3.63) is 46.8 Å². The largest absolute Gasteiger partial charge is 0.497 e. The van der Waals surface area contributed by atoms with Crippen molar-refractivity contribution < 1.29 is 29.0 Å². The number of carbonyl (C=O) groups is 3. The summed E-state index contributed by atoms with van der Waals surface area (Å²) in [4.78, 5) is 36.0. The van der Waals surface area contributed by atoms with Crippen molar-refractivity contribution >= 4 is 18.3 Å². The predicted octanol–water partition coefficient (Wildman–Crippen LogP) is 1.36. The Hall–Kier alpha value is -3.40. The van der Waals surface area contributed by atoms with E-state index in [0.717, 1.165) is 49.1 Å². The summed E-state index contributed by atoms with van der Waals surface area (Å²) < 4.78 is 11.0. The average Bonchev–Trinajstić information content (AvgIpc) is 3.42. The summed E-state index contributed by atoms with van der Waals surface area (Å²) in [6.45, 7) is 0.0380. The zero-order chi connectivity index (χ0) is 23.4. The first-order valence-corrected chi connectivity index (χ1v) is 11.0. The van der Waals surface area contributed by atoms with Crippen molar-refractivity contribution in [2.75, 3.05) is 13.7 Å². The Morgan fingerprint density at radius 3 is 2.73 bits per heavy atom. The lowest BCUT2D eigenvalue weighted by Crippen LogP contribution is -2.55. The van der Waals surface area contributed by atoms with Crippen LogP contribution >= 0.6 is 0 Å². The van der Waals surface area contributed by atoms with E-state index < -0.39 is 12.1 Å². The Kier molecular flexibility index (Phi) is 6.93. The van der Waals surface area contributed by atoms with E-state index in [0.29, 0.717) is 6.54 Å². The highest BCUT2D eigenvalue weighted by molar-refractivity contribution is 5.86. The van der Waals surface area contributed by atoms with Gasteiger partial charge in [-0.25, -0.2) is 0 Å². The molecule has 0 spiro atoms. The smallest absolute Gasteiger partial charge is 0.290 e. The van der Waals surface area contributed by atoms with Gasteiger partial charge in [-0.3, -0.25) is 19.5 Å². The Morgan fingerprint density at radius 2 is 2.06 bits per heavy atom. The van der Waals surface area contributed by atoms with Gasteiger partial charge in [0.1, 0.15) is 12.4 Å². The topological polar surface area (TPSA) is 134 Å². The van der Waals surface area contributed by atoms with Crippen molar-refractivity contribution in [1.82, 2.24) is 20.4 Å². The first kappa shape index (κ1) is 22.8. The van der Waals surface area contributed by atoms with Crippen LogP contribution in [0.3, 0.4) is 0 Å². The van der Waals surface area contributed by atoms with Crippen LogP contribution in [-0.4, -0.2) is 64.4 Å². The monoisotopic (exact) mass is 456 g/mol. The number of nitrogens with zero attached hydrogens (tertiary/aromatic N) is 2. The van der Waals surface area contributed by atoms with E-state index in [-0.39, 0.29) is 30.9 Å². The van der Waals surface area contributed by atoms with E-state index in [2.05, 4.69) is 15.5 Å². The molecule has 1 aromatic carbocycles. The number of hydrogen-bond acceptors (Lipinski definition) is 6. The lowest BCUT2D eigenvalue weighted by atomic mass is 9.96. The summed E-state index contributed by atoms with van der Waals surface area (Å²) >= 11 is 0. The number of carbonyl (C=O) groups excluding carboxylic acids is 2. The molecule has 33 heavy (non-hydrogen) atoms. The number of aromatic amines is 1. The summed E-state index contributed by atoms with van der Waals surface area (Å²) in [5.41, 5.74) is 4.16. The molecule has 176 valence electrons. The van der Waals surface area contributed by atoms with Gasteiger partial charge in [-0.2, -0.15) is 5.10 Å². The molecule has 3 aliphatic rings. The molecule has 2 amide bonds. The maximum absolute atomic E-state index is 13.2. The quantitative estimate of drug-likeness (QED) is 0.559. The van der Waals surface area contributed by atoms with Gasteiger partial charge in [0.15, 0.2) is 6.10 Å². The van der Waals surface area contributed by atoms with Gasteiger partial charge in [-0.15, -0.1) is 0 Å². The fourth-order valence-corrected chi connectivity index (χ4v) is 4.57. The third-order valence-corrected chi connectivity index (χ3v) is 6.24. The molecule has 1 saturated carbocycles. The van der Waals surface area contributed by atoms with Crippen LogP contribution in [0, 0.1) is 0 Å². The molecule has 2 aromatic rings. The number of morpholine rings is 1. The third kappa shape index (κ3) is 4.85. The number of nitrogens with one attached hydrogen (secondary N) is 2. The van der Waals surface area contributed by atoms with Crippen LogP contribution in [0.15, 0.2) is 24.3 Å². The minimum atomic E-state index is -0.760. The molecule has 2 aliphatic carbocycles. The molecule has 0 unspecified atom stereocenters. The Labute approximate surface area is 191 Å². The number of hydrogen-bond donors (Lipinski definition) is 3. The average molecular weight is 456 g/mol. The number of rotatable bonds is 6. The molecule has 3 N–H and O–H groups in total. The molecular weight excluding hydrogens is 428 g/mol. The summed E-state index contributed by atoms with van der Waals surface area (Å²) in [7, 11) is 1.61. The van der Waals surface area contributed by atoms with E-state index in [1.807, 2.05) is 29.2 Å². The molecule has 5 rings (SSSR count). The van der Waals surface area contributed by atoms with Gasteiger partial charge in [0.25, 0.3) is 12.4 Å². The number of aromatic nitrogens is 2. The molecule has 10 heteroatoms. The molecule has 0 radical (unpaired) electrons. The normalized spacial score (nSPS) is 21.6. The van der Waals surface area contributed by atoms with Crippen LogP contribution in [-0.2, 0) is 38.5 Å². The highest BCUT2D eigenvalue weighted by atomic mass is 16.5. The van der Waals surface area contributed by atoms with Gasteiger partial charge in [0, 0.05) is 11.7 Å². The van der Waals surface area contributed by atoms with Crippen LogP contribution < -0.4 is 10.1 Å². The fraction of sp³-hybridized carbons (Fsp3) is 0.478. The molecule has 2 heterocycles. The molecule has 10 nitrogen and oxygen atoms in total. The van der Waals surface area contributed by atoms with Crippen LogP contribution in [0.25, 0.3) is 0 Å². The molecule has 0 bridgehead atoms. The highest BCUT2D eigenvalue weighted by Crippen LogP contribution is 2.40. The Bertz CT molecular complexity index is 1000. The van der Waals surface area contributed by atoms with Crippen molar-refractivity contribution in [1.29, 1.82) is 0 Å². The summed E-state index contributed by atoms with van der Waals surface area (Å²) in [5.74, 6) is 0.448. The van der Waals surface area contributed by atoms with E-state index in [1.165, 1.54) is 11.3 Å². The molecular formula is C23H28N4O6. The van der Waals surface area contributed by atoms with Crippen molar-refractivity contribution in [3.63, 3.8) is 0 Å². The van der Waals surface area contributed by atoms with Gasteiger partial charge in [-0.1, -0.05) is 12.1 Å². The highest BCUT2D eigenvalue weighted by Gasteiger charge is 2.47. The summed E-state index contributed by atoms with van der Waals surface area (Å²) in [5, 5.41) is 17.3. The minimum Gasteiger partial charge on any atom is -0.497 e. The maximum Gasteiger partial charge on any atom is 0.290 e. The van der Waals surface area contributed by atoms with E-state index in [4.69, 9.17) is 19.4 Å². The van der Waals surface area contributed by atoms with E-state index in [9.17, 15) is 9.59 Å². The molecule has 2 fully saturated rings. The number of benzene rings is 1. The minimum absolute atomic E-state index is 0.0625. The zero-order valence-corrected chi connectivity index (χ0v) is 18.5. The summed E-state index contributed by atoms with van der Waals surface area (Å²) in [6.07, 6.45) is 4.30. The molecule has 1 aliphatic heterocycles. The second kappa shape index (κ2) is 10.0. The third-order valence-electron chi connectivity index (χ3n) is 6.24. The van der Waals surface area contributed by atoms with E-state index >= 15 is 0 Å². The van der Waals surface area contributed by atoms with Crippen molar-refractivity contribution in [2.24, 2.45) is 0 Å². The van der Waals surface area contributed by atoms with Gasteiger partial charge in [-0.05, 0) is 55.4 Å². The SMILES string of the molecule is COc1ccc([C@@H]2[C@@H](C(=O)NCc3n[nH]c4c3CCC4)OCC(=O)N2C2CC2)cc1.O=CO. The molecule has 2 atom stereocenters. The second-order valence-electron chi connectivity index (χ2n) is 8.29. The van der Waals surface area contributed by atoms with Crippen LogP contribution in [0.5, 0.6) is 5.75 Å². The Morgan fingerprint density at radius 1 is 1.33 bits per heavy atom. The summed E-state index contributed by atoms with van der Waals surface area (Å²) in [6, 6.07) is 7.24. The lowest BCUT2D eigenvalue weighted by molar-refractivity contribution is -0.165. The fourth-order valence-electron chi connectivity index (χ4n) is 4.57. The van der Waals surface area contributed by atoms with Gasteiger partial charge in [0.2, 0.25) is 5.91 Å². The van der Waals surface area contributed by atoms with Gasteiger partial charge >= 0.3 is 0 Å². The number of methoxy groups -OCH3 is 1. The predicted molar refractivity (Wildman–Crippen MR) is 116 cm³/mol. The maximum atomic E-state index is 13.2. The molecule has 1 aromatic heterocycles. The van der Waals surface area contributed by atoms with Crippen LogP contribution in [0.1, 0.15) is 47.8 Å². The van der Waals surface area contributed by atoms with Crippen LogP contribution in [0.2, 0.25) is 0 Å². The van der Waals surface area contributed by atoms with E-state index in [1.54, 1.807) is 7.11 Å². The first-order chi connectivity index (χ1) is 16.1. The molecule has 1 saturated heterocycles. The Balaban J connectivity index is 0.000000821. The number of aryl methyl sites for hydroxylation is 1. The van der Waals surface area contributed by atoms with Gasteiger partial charge < -0.3 is 24.8 Å². The lowest BCUT2D eigenvalue weighted by Gasteiger charge is -2.40. The number of fused-ring (bicyclic) bond motifs is 1. The van der Waals surface area contributed by atoms with Crippen LogP contribution in [0.4, 0.5) is 0 Å². The number of H-pyrrole nitrogens is 1. The zero-order valence-electron chi connectivity index (χ0n) is 18.5. The van der Waals surface area contributed by atoms with Gasteiger partial charge in [0.05, 0.1) is 25.4 Å². The number of ether oxygens (including phenoxy) is 2.